The summed E-state index contributed by atoms with van der Waals surface area (Å²) in [6, 6.07) is 138. The number of hydrogen-bond donors (Lipinski definition) is 0. The van der Waals surface area contributed by atoms with Gasteiger partial charge in [-0.25, -0.2) is 35.1 Å². The van der Waals surface area contributed by atoms with E-state index in [9.17, 15) is 0 Å². The highest BCUT2D eigenvalue weighted by Gasteiger charge is 2.31. The Balaban J connectivity index is 0.000000150. The van der Waals surface area contributed by atoms with E-state index in [0.717, 1.165) is 153 Å². The fourth-order valence-corrected chi connectivity index (χ4v) is 19.6. The van der Waals surface area contributed by atoms with Crippen molar-refractivity contribution >= 4 is 176 Å². The van der Waals surface area contributed by atoms with E-state index in [0.29, 0.717) is 45.0 Å². The lowest BCUT2D eigenvalue weighted by atomic mass is 9.91. The van der Waals surface area contributed by atoms with Crippen molar-refractivity contribution in [3.05, 3.63) is 483 Å². The van der Waals surface area contributed by atoms with E-state index >= 15 is 35.1 Å². The summed E-state index contributed by atoms with van der Waals surface area (Å²) < 4.78 is 128. The van der Waals surface area contributed by atoms with Gasteiger partial charge in [0.15, 0.2) is 46.5 Å². The van der Waals surface area contributed by atoms with E-state index in [-0.39, 0.29) is 22.3 Å². The first-order chi connectivity index (χ1) is 64.8. The maximum absolute atomic E-state index is 16.1. The van der Waals surface area contributed by atoms with Crippen LogP contribution in [0, 0.1) is 46.5 Å². The van der Waals surface area contributed by atoms with Gasteiger partial charge in [0, 0.05) is 113 Å². The molecule has 24 aromatic rings. The molecule has 0 aliphatic carbocycles. The molecule has 0 heterocycles. The van der Waals surface area contributed by atoms with E-state index in [1.54, 1.807) is 72.8 Å². The van der Waals surface area contributed by atoms with E-state index in [2.05, 4.69) is 84.9 Å². The second-order valence-corrected chi connectivity index (χ2v) is 33.2. The average Bonchev–Trinajstić information content (AvgIpc) is 0.717. The smallest absolute Gasteiger partial charge is 0.166 e. The van der Waals surface area contributed by atoms with Crippen LogP contribution < -0.4 is 19.6 Å². The minimum atomic E-state index is -0.958. The van der Waals surface area contributed by atoms with Crippen LogP contribution in [-0.2, 0) is 0 Å². The molecule has 132 heavy (non-hydrogen) atoms. The SMILES string of the molecule is Fc1cc(N(c2ccc3ccccc3c2)c2ccc3ccc4c(N(c5cc(F)c(F)c(-c6ccccc6)c5)c5ccc6ccccc6c5)ccc5ccc2c3c54)cc(-c2ccccc2)c1F.Fc1cc(N(c2cccc3ccccc23)c2ccc3ccc4c(N(c5cc(F)c(F)c(-c6ccccc6)c5)c5cccc6ccccc56)ccc5ccc2c3c54)cc(-c2ccccc2)c1F. The van der Waals surface area contributed by atoms with Crippen LogP contribution in [-0.4, -0.2) is 0 Å². The van der Waals surface area contributed by atoms with Gasteiger partial charge in [0.2, 0.25) is 0 Å². The van der Waals surface area contributed by atoms with E-state index in [1.165, 1.54) is 24.3 Å². The van der Waals surface area contributed by atoms with Crippen molar-refractivity contribution in [1.29, 1.82) is 0 Å². The lowest BCUT2D eigenvalue weighted by Gasteiger charge is -2.31. The van der Waals surface area contributed by atoms with Gasteiger partial charge in [-0.2, -0.15) is 0 Å². The molecule has 0 saturated heterocycles. The number of halogens is 8. The molecule has 0 aliphatic heterocycles. The van der Waals surface area contributed by atoms with E-state index < -0.39 is 46.5 Å². The summed E-state index contributed by atoms with van der Waals surface area (Å²) in [5.74, 6) is -7.50. The molecule has 0 aliphatic rings. The van der Waals surface area contributed by atoms with Gasteiger partial charge in [-0.3, -0.25) is 0 Å². The molecule has 24 rings (SSSR count). The number of nitrogens with zero attached hydrogens (tertiary/aromatic N) is 4. The highest BCUT2D eigenvalue weighted by molar-refractivity contribution is 6.30. The van der Waals surface area contributed by atoms with Gasteiger partial charge in [0.05, 0.1) is 34.1 Å². The summed E-state index contributed by atoms with van der Waals surface area (Å²) in [7, 11) is 0. The largest absolute Gasteiger partial charge is 0.310 e. The van der Waals surface area contributed by atoms with Crippen molar-refractivity contribution in [3.63, 3.8) is 0 Å². The number of hydrogen-bond acceptors (Lipinski definition) is 4. The van der Waals surface area contributed by atoms with Gasteiger partial charge in [-0.15, -0.1) is 0 Å². The van der Waals surface area contributed by atoms with Crippen molar-refractivity contribution in [2.75, 3.05) is 19.6 Å². The van der Waals surface area contributed by atoms with Crippen LogP contribution in [0.2, 0.25) is 0 Å². The van der Waals surface area contributed by atoms with Crippen LogP contribution in [0.1, 0.15) is 0 Å². The molecule has 0 amide bonds. The Bertz CT molecular complexity index is 8160. The molecule has 0 atom stereocenters. The predicted octanol–water partition coefficient (Wildman–Crippen LogP) is 35.4. The molecule has 0 aromatic heterocycles. The summed E-state index contributed by atoms with van der Waals surface area (Å²) >= 11 is 0. The molecule has 0 spiro atoms. The maximum atomic E-state index is 16.1. The number of anilines is 12. The van der Waals surface area contributed by atoms with Crippen molar-refractivity contribution in [2.24, 2.45) is 0 Å². The highest BCUT2D eigenvalue weighted by atomic mass is 19.2. The molecule has 4 nitrogen and oxygen atoms in total. The standard InChI is InChI=1S/2C60H36F4N2/c61-51-35-43(33-49(59(51)63)39-13-3-1-4-14-39)65(53-23-11-19-37-17-7-9-21-45(37)53)55-31-27-41-26-30-48-56(32-28-42-25-29-47(55)57(41)58(42)48)66(54-24-12-20-38-18-8-10-22-46(38)54)44-34-50(60(64)52(62)36-44)40-15-5-2-6-16-40;61-53-35-47(33-51(59(53)63)39-13-3-1-4-14-39)65(45-25-19-37-11-7-9-17-43(37)31-45)55-29-23-41-22-28-50-56(30-24-42-21-27-49(55)57(41)58(42)50)66(46-26-20-38-12-8-10-18-44(38)32-46)48-34-52(60(64)54(62)36-48)40-15-5-2-6-16-40/h2*1-36H. The molecule has 0 radical (unpaired) electrons. The van der Waals surface area contributed by atoms with Crippen LogP contribution in [0.3, 0.4) is 0 Å². The Labute approximate surface area is 753 Å². The summed E-state index contributed by atoms with van der Waals surface area (Å²) in [6.45, 7) is 0. The Morgan fingerprint density at radius 3 is 0.667 bits per heavy atom. The second kappa shape index (κ2) is 32.7. The summed E-state index contributed by atoms with van der Waals surface area (Å²) in [4.78, 5) is 8.06. The second-order valence-electron chi connectivity index (χ2n) is 33.2. The lowest BCUT2D eigenvalue weighted by Crippen LogP contribution is -2.13. The van der Waals surface area contributed by atoms with Crippen LogP contribution >= 0.6 is 0 Å². The molecular formula is C120H72F8N4. The molecule has 0 N–H and O–H groups in total. The molecule has 0 bridgehead atoms. The molecule has 0 saturated carbocycles. The molecular weight excluding hydrogens is 1650 g/mol. The van der Waals surface area contributed by atoms with E-state index in [1.807, 2.05) is 274 Å². The Morgan fingerprint density at radius 1 is 0.136 bits per heavy atom. The number of fused-ring (bicyclic) bond motifs is 4. The third-order valence-corrected chi connectivity index (χ3v) is 25.6. The Morgan fingerprint density at radius 2 is 0.364 bits per heavy atom. The molecule has 0 unspecified atom stereocenters. The highest BCUT2D eigenvalue weighted by Crippen LogP contribution is 2.54. The Hall–Kier alpha value is -17.0. The zero-order valence-electron chi connectivity index (χ0n) is 70.4. The minimum Gasteiger partial charge on any atom is -0.310 e. The first-order valence-corrected chi connectivity index (χ1v) is 43.5. The first kappa shape index (κ1) is 79.7. The van der Waals surface area contributed by atoms with Crippen molar-refractivity contribution in [2.45, 2.75) is 0 Å². The van der Waals surface area contributed by atoms with Crippen molar-refractivity contribution in [1.82, 2.24) is 0 Å². The fraction of sp³-hybridized carbons (Fsp3) is 0. The zero-order chi connectivity index (χ0) is 88.9. The van der Waals surface area contributed by atoms with Crippen molar-refractivity contribution < 1.29 is 35.1 Å². The van der Waals surface area contributed by atoms with Gasteiger partial charge >= 0.3 is 0 Å². The molecule has 12 heteroatoms. The maximum Gasteiger partial charge on any atom is 0.166 e. The quantitative estimate of drug-likeness (QED) is 0.0706. The van der Waals surface area contributed by atoms with Gasteiger partial charge < -0.3 is 19.6 Å². The van der Waals surface area contributed by atoms with Crippen LogP contribution in [0.5, 0.6) is 0 Å². The number of rotatable bonds is 16. The van der Waals surface area contributed by atoms with Crippen LogP contribution in [0.25, 0.3) is 152 Å². The molecule has 24 aromatic carbocycles. The summed E-state index contributed by atoms with van der Waals surface area (Å²) in [5.41, 5.74) is 10.9. The third-order valence-electron chi connectivity index (χ3n) is 25.6. The van der Waals surface area contributed by atoms with Gasteiger partial charge in [0.25, 0.3) is 0 Å². The normalized spacial score (nSPS) is 11.6. The fourth-order valence-electron chi connectivity index (χ4n) is 19.6. The van der Waals surface area contributed by atoms with Gasteiger partial charge in [0.1, 0.15) is 0 Å². The summed E-state index contributed by atoms with van der Waals surface area (Å²) in [5, 5.41) is 19.3. The van der Waals surface area contributed by atoms with Gasteiger partial charge in [-0.05, 0) is 183 Å². The third kappa shape index (κ3) is 13.8. The Kier molecular flexibility index (Phi) is 19.7. The van der Waals surface area contributed by atoms with Crippen LogP contribution in [0.4, 0.5) is 103 Å². The first-order valence-electron chi connectivity index (χ1n) is 43.5. The molecule has 628 valence electrons. The monoisotopic (exact) mass is 1720 g/mol. The van der Waals surface area contributed by atoms with Gasteiger partial charge in [-0.1, -0.05) is 328 Å². The van der Waals surface area contributed by atoms with Crippen LogP contribution in [0.15, 0.2) is 437 Å². The lowest BCUT2D eigenvalue weighted by molar-refractivity contribution is 0.511. The topological polar surface area (TPSA) is 13.0 Å². The van der Waals surface area contributed by atoms with E-state index in [4.69, 9.17) is 0 Å². The minimum absolute atomic E-state index is 0.152. The average molecular weight is 1720 g/mol. The van der Waals surface area contributed by atoms with Crippen molar-refractivity contribution in [3.8, 4) is 44.5 Å². The molecule has 0 fully saturated rings. The predicted molar refractivity (Wildman–Crippen MR) is 530 cm³/mol. The zero-order valence-corrected chi connectivity index (χ0v) is 70.4. The summed E-state index contributed by atoms with van der Waals surface area (Å²) in [6.07, 6.45) is 0. The number of benzene rings is 24.